The number of quaternary nitrogens is 1. The second-order valence-electron chi connectivity index (χ2n) is 18.2. The van der Waals surface area contributed by atoms with Crippen LogP contribution in [0.5, 0.6) is 0 Å². The molecule has 0 heterocycles. The number of carbonyl (C=O) groups is 1. The van der Waals surface area contributed by atoms with Gasteiger partial charge in [0.25, 0.3) is 7.82 Å². The molecule has 342 valence electrons. The van der Waals surface area contributed by atoms with Crippen LogP contribution < -0.4 is 4.89 Å². The Balaban J connectivity index is 3.99. The van der Waals surface area contributed by atoms with Gasteiger partial charge in [0.15, 0.2) is 0 Å². The van der Waals surface area contributed by atoms with Crippen LogP contribution in [0.3, 0.4) is 0 Å². The molecule has 2 atom stereocenters. The molecule has 0 saturated carbocycles. The lowest BCUT2D eigenvalue weighted by molar-refractivity contribution is -0.870. The molecule has 0 saturated heterocycles. The highest BCUT2D eigenvalue weighted by Crippen LogP contribution is 2.38. The standard InChI is InChI=1S/C48H98NO7P/c1-6-8-10-12-14-16-18-19-20-21-22-23-24-25-26-27-28-29-30-32-34-36-38-40-43-53-45-47(46-55-57(51,52)54-44-42-49(3,4)5)56-48(50)41-39-37-35-33-31-17-15-13-11-9-7-2/h47H,6-46H2,1-5H3. The first-order valence-corrected chi connectivity index (χ1v) is 26.2. The van der Waals surface area contributed by atoms with Crippen LogP contribution in [-0.2, 0) is 27.9 Å². The van der Waals surface area contributed by atoms with Gasteiger partial charge in [0.2, 0.25) is 0 Å². The molecule has 0 fully saturated rings. The Morgan fingerprint density at radius 2 is 0.807 bits per heavy atom. The smallest absolute Gasteiger partial charge is 0.306 e. The SMILES string of the molecule is CCCCCCCCCCCCCCCCCCCCCCCCCCOCC(COP(=O)([O-])OCC[N+](C)(C)C)OC(=O)CCCCCCCCCCCCC. The fourth-order valence-electron chi connectivity index (χ4n) is 7.31. The maximum absolute atomic E-state index is 12.7. The average molecular weight is 832 g/mol. The summed E-state index contributed by atoms with van der Waals surface area (Å²) >= 11 is 0. The molecule has 0 aliphatic heterocycles. The van der Waals surface area contributed by atoms with E-state index in [2.05, 4.69) is 13.8 Å². The number of unbranched alkanes of at least 4 members (excludes halogenated alkanes) is 33. The van der Waals surface area contributed by atoms with E-state index >= 15 is 0 Å². The number of phosphoric ester groups is 1. The number of esters is 1. The first kappa shape index (κ1) is 56.5. The van der Waals surface area contributed by atoms with Crippen LogP contribution in [0, 0.1) is 0 Å². The zero-order valence-corrected chi connectivity index (χ0v) is 39.7. The molecule has 57 heavy (non-hydrogen) atoms. The summed E-state index contributed by atoms with van der Waals surface area (Å²) in [5.74, 6) is -0.329. The van der Waals surface area contributed by atoms with Crippen molar-refractivity contribution in [3.8, 4) is 0 Å². The molecule has 0 amide bonds. The number of likely N-dealkylation sites (N-methyl/N-ethyl adjacent to an activating group) is 1. The van der Waals surface area contributed by atoms with E-state index in [4.69, 9.17) is 18.5 Å². The van der Waals surface area contributed by atoms with Gasteiger partial charge in [0.05, 0.1) is 34.4 Å². The van der Waals surface area contributed by atoms with Crippen LogP contribution in [0.1, 0.15) is 245 Å². The van der Waals surface area contributed by atoms with Crippen molar-refractivity contribution in [2.75, 3.05) is 54.1 Å². The third-order valence-corrected chi connectivity index (χ3v) is 12.1. The summed E-state index contributed by atoms with van der Waals surface area (Å²) in [6.45, 7) is 5.47. The summed E-state index contributed by atoms with van der Waals surface area (Å²) in [5, 5.41) is 0. The molecule has 2 unspecified atom stereocenters. The summed E-state index contributed by atoms with van der Waals surface area (Å²) in [5.41, 5.74) is 0. The number of phosphoric acid groups is 1. The summed E-state index contributed by atoms with van der Waals surface area (Å²) in [4.78, 5) is 25.0. The first-order chi connectivity index (χ1) is 27.6. The van der Waals surface area contributed by atoms with E-state index in [1.165, 1.54) is 193 Å². The Bertz CT molecular complexity index is 883. The predicted molar refractivity (Wildman–Crippen MR) is 241 cm³/mol. The van der Waals surface area contributed by atoms with Crippen LogP contribution in [0.25, 0.3) is 0 Å². The first-order valence-electron chi connectivity index (χ1n) is 24.8. The van der Waals surface area contributed by atoms with Crippen LogP contribution in [-0.4, -0.2) is 70.7 Å². The van der Waals surface area contributed by atoms with Crippen molar-refractivity contribution < 1.29 is 37.3 Å². The van der Waals surface area contributed by atoms with Gasteiger partial charge in [0.1, 0.15) is 19.3 Å². The lowest BCUT2D eigenvalue weighted by Crippen LogP contribution is -2.37. The number of carbonyl (C=O) groups excluding carboxylic acids is 1. The zero-order valence-electron chi connectivity index (χ0n) is 38.8. The fourth-order valence-corrected chi connectivity index (χ4v) is 8.04. The third kappa shape index (κ3) is 46.4. The number of hydrogen-bond donors (Lipinski definition) is 0. The van der Waals surface area contributed by atoms with Gasteiger partial charge in [-0.15, -0.1) is 0 Å². The van der Waals surface area contributed by atoms with Gasteiger partial charge in [-0.1, -0.05) is 226 Å². The zero-order chi connectivity index (χ0) is 42.0. The average Bonchev–Trinajstić information content (AvgIpc) is 3.16. The van der Waals surface area contributed by atoms with Crippen LogP contribution in [0.4, 0.5) is 0 Å². The number of rotatable bonds is 47. The van der Waals surface area contributed by atoms with Gasteiger partial charge in [-0.3, -0.25) is 9.36 Å². The van der Waals surface area contributed by atoms with Gasteiger partial charge in [-0.05, 0) is 12.8 Å². The Hall–Kier alpha value is -0.500. The van der Waals surface area contributed by atoms with Crippen molar-refractivity contribution in [2.24, 2.45) is 0 Å². The molecule has 0 radical (unpaired) electrons. The maximum Gasteiger partial charge on any atom is 0.306 e. The minimum absolute atomic E-state index is 0.0314. The molecule has 0 aliphatic rings. The van der Waals surface area contributed by atoms with Gasteiger partial charge in [0, 0.05) is 13.0 Å². The summed E-state index contributed by atoms with van der Waals surface area (Å²) in [7, 11) is 1.38. The van der Waals surface area contributed by atoms with Gasteiger partial charge in [-0.25, -0.2) is 0 Å². The summed E-state index contributed by atoms with van der Waals surface area (Å²) in [6, 6.07) is 0. The van der Waals surface area contributed by atoms with E-state index in [1.54, 1.807) is 0 Å². The van der Waals surface area contributed by atoms with Crippen LogP contribution >= 0.6 is 7.82 Å². The number of nitrogens with zero attached hydrogens (tertiary/aromatic N) is 1. The molecule has 0 aliphatic carbocycles. The van der Waals surface area contributed by atoms with E-state index in [-0.39, 0.29) is 25.8 Å². The van der Waals surface area contributed by atoms with E-state index in [0.717, 1.165) is 32.1 Å². The highest BCUT2D eigenvalue weighted by Gasteiger charge is 2.20. The summed E-state index contributed by atoms with van der Waals surface area (Å²) in [6.07, 6.45) is 45.6. The topological polar surface area (TPSA) is 94.1 Å². The normalized spacial score (nSPS) is 13.6. The van der Waals surface area contributed by atoms with Crippen molar-refractivity contribution in [3.05, 3.63) is 0 Å². The molecule has 0 rings (SSSR count). The largest absolute Gasteiger partial charge is 0.756 e. The van der Waals surface area contributed by atoms with Gasteiger partial charge < -0.3 is 27.9 Å². The second kappa shape index (κ2) is 42.2. The molecule has 0 aromatic carbocycles. The van der Waals surface area contributed by atoms with Gasteiger partial charge >= 0.3 is 5.97 Å². The highest BCUT2D eigenvalue weighted by molar-refractivity contribution is 7.45. The highest BCUT2D eigenvalue weighted by atomic mass is 31.2. The van der Waals surface area contributed by atoms with Crippen molar-refractivity contribution >= 4 is 13.8 Å². The molecular weight excluding hydrogens is 734 g/mol. The van der Waals surface area contributed by atoms with E-state index in [1.807, 2.05) is 21.1 Å². The Morgan fingerprint density at radius 1 is 0.474 bits per heavy atom. The summed E-state index contributed by atoms with van der Waals surface area (Å²) < 4.78 is 34.6. The minimum atomic E-state index is -4.52. The number of hydrogen-bond acceptors (Lipinski definition) is 7. The lowest BCUT2D eigenvalue weighted by atomic mass is 10.0. The van der Waals surface area contributed by atoms with Crippen LogP contribution in [0.2, 0.25) is 0 Å². The maximum atomic E-state index is 12.7. The Kier molecular flexibility index (Phi) is 41.8. The molecule has 0 N–H and O–H groups in total. The van der Waals surface area contributed by atoms with Crippen molar-refractivity contribution in [1.82, 2.24) is 0 Å². The minimum Gasteiger partial charge on any atom is -0.756 e. The molecule has 0 bridgehead atoms. The fraction of sp³-hybridized carbons (Fsp3) is 0.979. The van der Waals surface area contributed by atoms with Crippen molar-refractivity contribution in [2.45, 2.75) is 251 Å². The molecule has 8 nitrogen and oxygen atoms in total. The monoisotopic (exact) mass is 832 g/mol. The van der Waals surface area contributed by atoms with E-state index in [9.17, 15) is 14.3 Å². The molecule has 0 aromatic heterocycles. The van der Waals surface area contributed by atoms with E-state index in [0.29, 0.717) is 24.1 Å². The molecule has 0 spiro atoms. The van der Waals surface area contributed by atoms with Crippen LogP contribution in [0.15, 0.2) is 0 Å². The molecule has 0 aromatic rings. The predicted octanol–water partition coefficient (Wildman–Crippen LogP) is 14.2. The quantitative estimate of drug-likeness (QED) is 0.0261. The molecule has 9 heteroatoms. The van der Waals surface area contributed by atoms with Crippen molar-refractivity contribution in [1.29, 1.82) is 0 Å². The Morgan fingerprint density at radius 3 is 1.16 bits per heavy atom. The second-order valence-corrected chi connectivity index (χ2v) is 19.6. The Labute approximate surface area is 355 Å². The van der Waals surface area contributed by atoms with Crippen molar-refractivity contribution in [3.63, 3.8) is 0 Å². The molecular formula is C48H98NO7P. The number of ether oxygens (including phenoxy) is 2. The lowest BCUT2D eigenvalue weighted by Gasteiger charge is -2.28. The van der Waals surface area contributed by atoms with E-state index < -0.39 is 13.9 Å². The van der Waals surface area contributed by atoms with Gasteiger partial charge in [-0.2, -0.15) is 0 Å². The third-order valence-electron chi connectivity index (χ3n) is 11.2.